The maximum absolute atomic E-state index is 12.1. The number of hydrogen-bond acceptors (Lipinski definition) is 4. The van der Waals surface area contributed by atoms with E-state index in [1.165, 1.54) is 6.07 Å². The average molecular weight is 339 g/mol. The lowest BCUT2D eigenvalue weighted by Crippen LogP contribution is -2.26. The van der Waals surface area contributed by atoms with E-state index in [1.807, 2.05) is 0 Å². The van der Waals surface area contributed by atoms with Crippen LogP contribution in [-0.2, 0) is 6.42 Å². The van der Waals surface area contributed by atoms with Crippen molar-refractivity contribution in [2.75, 3.05) is 6.54 Å². The zero-order chi connectivity index (χ0) is 18.4. The van der Waals surface area contributed by atoms with Crippen molar-refractivity contribution in [3.63, 3.8) is 0 Å². The number of aryl methyl sites for hydroxylation is 1. The minimum atomic E-state index is -1.05. The van der Waals surface area contributed by atoms with E-state index in [1.54, 1.807) is 45.0 Å². The summed E-state index contributed by atoms with van der Waals surface area (Å²) in [6.45, 7) is 5.33. The molecule has 130 valence electrons. The Balaban J connectivity index is 1.92. The molecule has 2 aromatic rings. The highest BCUT2D eigenvalue weighted by Crippen LogP contribution is 2.05. The Labute approximate surface area is 146 Å². The molecule has 3 N–H and O–H groups in total. The molecule has 0 bridgehead atoms. The molecular formula is C19H21N3O3. The van der Waals surface area contributed by atoms with E-state index in [9.17, 15) is 14.7 Å². The molecular weight excluding hydrogens is 318 g/mol. The Kier molecular flexibility index (Phi) is 5.73. The second-order valence-corrected chi connectivity index (χ2v) is 6.23. The summed E-state index contributed by atoms with van der Waals surface area (Å²) in [5.74, 6) is 5.90. The molecule has 1 aromatic heterocycles. The summed E-state index contributed by atoms with van der Waals surface area (Å²) in [5, 5.41) is 12.4. The Morgan fingerprint density at radius 3 is 2.60 bits per heavy atom. The predicted octanol–water partition coefficient (Wildman–Crippen LogP) is 1.17. The van der Waals surface area contributed by atoms with E-state index < -0.39 is 5.60 Å². The summed E-state index contributed by atoms with van der Waals surface area (Å²) in [5.41, 5.74) is 0.630. The van der Waals surface area contributed by atoms with Crippen LogP contribution >= 0.6 is 0 Å². The molecule has 0 atom stereocenters. The van der Waals surface area contributed by atoms with Gasteiger partial charge in [-0.2, -0.15) is 0 Å². The summed E-state index contributed by atoms with van der Waals surface area (Å²) < 4.78 is 0. The van der Waals surface area contributed by atoms with E-state index >= 15 is 0 Å². The zero-order valence-electron chi connectivity index (χ0n) is 14.5. The number of amides is 1. The van der Waals surface area contributed by atoms with Crippen LogP contribution in [0.3, 0.4) is 0 Å². The number of nitrogens with one attached hydrogen (secondary N) is 2. The van der Waals surface area contributed by atoms with E-state index in [0.29, 0.717) is 30.0 Å². The number of aromatic nitrogens is 2. The van der Waals surface area contributed by atoms with Gasteiger partial charge in [0, 0.05) is 35.9 Å². The molecule has 6 heteroatoms. The van der Waals surface area contributed by atoms with Gasteiger partial charge in [-0.1, -0.05) is 11.8 Å². The normalized spacial score (nSPS) is 10.7. The first-order valence-electron chi connectivity index (χ1n) is 7.93. The van der Waals surface area contributed by atoms with E-state index in [0.717, 1.165) is 5.56 Å². The van der Waals surface area contributed by atoms with Crippen LogP contribution in [0.2, 0.25) is 0 Å². The number of aliphatic hydroxyl groups is 1. The molecule has 1 heterocycles. The van der Waals surface area contributed by atoms with Gasteiger partial charge >= 0.3 is 0 Å². The van der Waals surface area contributed by atoms with Gasteiger partial charge in [0.15, 0.2) is 0 Å². The molecule has 2 rings (SSSR count). The SMILES string of the molecule is Cc1cc(=O)[nH]c(CCNC(=O)c2ccc(C#CC(C)(C)O)cc2)n1. The van der Waals surface area contributed by atoms with Crippen molar-refractivity contribution in [1.29, 1.82) is 0 Å². The number of carbonyl (C=O) groups is 1. The molecule has 0 spiro atoms. The van der Waals surface area contributed by atoms with Crippen molar-refractivity contribution in [2.24, 2.45) is 0 Å². The topological polar surface area (TPSA) is 95.1 Å². The second-order valence-electron chi connectivity index (χ2n) is 6.23. The van der Waals surface area contributed by atoms with Crippen molar-refractivity contribution in [3.8, 4) is 11.8 Å². The number of rotatable bonds is 4. The minimum Gasteiger partial charge on any atom is -0.378 e. The molecule has 0 saturated heterocycles. The molecule has 1 aromatic carbocycles. The van der Waals surface area contributed by atoms with Crippen LogP contribution in [0.15, 0.2) is 35.1 Å². The van der Waals surface area contributed by atoms with Crippen LogP contribution < -0.4 is 10.9 Å². The van der Waals surface area contributed by atoms with Gasteiger partial charge in [0.25, 0.3) is 11.5 Å². The molecule has 0 radical (unpaired) electrons. The first-order chi connectivity index (χ1) is 11.7. The number of aromatic amines is 1. The number of nitrogens with zero attached hydrogens (tertiary/aromatic N) is 1. The summed E-state index contributed by atoms with van der Waals surface area (Å²) in [6, 6.07) is 8.23. The van der Waals surface area contributed by atoms with Crippen molar-refractivity contribution in [1.82, 2.24) is 15.3 Å². The number of H-pyrrole nitrogens is 1. The molecule has 1 amide bonds. The van der Waals surface area contributed by atoms with Gasteiger partial charge in [-0.15, -0.1) is 0 Å². The highest BCUT2D eigenvalue weighted by atomic mass is 16.3. The highest BCUT2D eigenvalue weighted by Gasteiger charge is 2.07. The predicted molar refractivity (Wildman–Crippen MR) is 95.2 cm³/mol. The second kappa shape index (κ2) is 7.77. The van der Waals surface area contributed by atoms with E-state index in [-0.39, 0.29) is 11.5 Å². The monoisotopic (exact) mass is 339 g/mol. The molecule has 0 aliphatic rings. The van der Waals surface area contributed by atoms with E-state index in [2.05, 4.69) is 27.1 Å². The summed E-state index contributed by atoms with van der Waals surface area (Å²) >= 11 is 0. The molecule has 0 saturated carbocycles. The van der Waals surface area contributed by atoms with Gasteiger partial charge in [0.1, 0.15) is 11.4 Å². The number of carbonyl (C=O) groups excluding carboxylic acids is 1. The Hall–Kier alpha value is -2.91. The molecule has 0 aliphatic carbocycles. The fourth-order valence-electron chi connectivity index (χ4n) is 2.09. The first-order valence-corrected chi connectivity index (χ1v) is 7.93. The van der Waals surface area contributed by atoms with Crippen LogP contribution in [0, 0.1) is 18.8 Å². The molecule has 0 aliphatic heterocycles. The smallest absolute Gasteiger partial charge is 0.251 e. The van der Waals surface area contributed by atoms with Gasteiger partial charge < -0.3 is 15.4 Å². The van der Waals surface area contributed by atoms with Crippen LogP contribution in [-0.4, -0.2) is 33.1 Å². The van der Waals surface area contributed by atoms with Gasteiger partial charge in [-0.3, -0.25) is 9.59 Å². The van der Waals surface area contributed by atoms with Crippen molar-refractivity contribution < 1.29 is 9.90 Å². The number of hydrogen-bond donors (Lipinski definition) is 3. The zero-order valence-corrected chi connectivity index (χ0v) is 14.5. The molecule has 0 fully saturated rings. The maximum Gasteiger partial charge on any atom is 0.251 e. The number of benzene rings is 1. The lowest BCUT2D eigenvalue weighted by Gasteiger charge is -2.07. The quantitative estimate of drug-likeness (QED) is 0.729. The lowest BCUT2D eigenvalue weighted by molar-refractivity contribution is 0.0954. The van der Waals surface area contributed by atoms with Crippen molar-refractivity contribution in [2.45, 2.75) is 32.8 Å². The third-order valence-electron chi connectivity index (χ3n) is 3.23. The Morgan fingerprint density at radius 2 is 2.00 bits per heavy atom. The Morgan fingerprint density at radius 1 is 1.32 bits per heavy atom. The first kappa shape index (κ1) is 18.4. The van der Waals surface area contributed by atoms with Crippen LogP contribution in [0.25, 0.3) is 0 Å². The van der Waals surface area contributed by atoms with Crippen molar-refractivity contribution in [3.05, 3.63) is 63.3 Å². The summed E-state index contributed by atoms with van der Waals surface area (Å²) in [6.07, 6.45) is 0.442. The average Bonchev–Trinajstić information content (AvgIpc) is 2.52. The van der Waals surface area contributed by atoms with Gasteiger partial charge in [-0.05, 0) is 45.0 Å². The largest absolute Gasteiger partial charge is 0.378 e. The fourth-order valence-corrected chi connectivity index (χ4v) is 2.09. The standard InChI is InChI=1S/C19H21N3O3/c1-13-12-17(23)22-16(21-13)9-11-20-18(24)15-6-4-14(5-7-15)8-10-19(2,3)25/h4-7,12,25H,9,11H2,1-3H3,(H,20,24)(H,21,22,23). The molecule has 25 heavy (non-hydrogen) atoms. The minimum absolute atomic E-state index is 0.198. The van der Waals surface area contributed by atoms with Crippen LogP contribution in [0.1, 0.15) is 41.3 Å². The fraction of sp³-hybridized carbons (Fsp3) is 0.316. The van der Waals surface area contributed by atoms with Gasteiger partial charge in [0.05, 0.1) is 0 Å². The highest BCUT2D eigenvalue weighted by molar-refractivity contribution is 5.94. The third kappa shape index (κ3) is 6.24. The molecule has 6 nitrogen and oxygen atoms in total. The van der Waals surface area contributed by atoms with E-state index in [4.69, 9.17) is 0 Å². The Bertz CT molecular complexity index is 866. The third-order valence-corrected chi connectivity index (χ3v) is 3.23. The molecule has 0 unspecified atom stereocenters. The van der Waals surface area contributed by atoms with Gasteiger partial charge in [0.2, 0.25) is 0 Å². The summed E-state index contributed by atoms with van der Waals surface area (Å²) in [7, 11) is 0. The maximum atomic E-state index is 12.1. The van der Waals surface area contributed by atoms with Crippen LogP contribution in [0.5, 0.6) is 0 Å². The lowest BCUT2D eigenvalue weighted by atomic mass is 10.1. The van der Waals surface area contributed by atoms with Gasteiger partial charge in [-0.25, -0.2) is 4.98 Å². The van der Waals surface area contributed by atoms with Crippen molar-refractivity contribution >= 4 is 5.91 Å². The summed E-state index contributed by atoms with van der Waals surface area (Å²) in [4.78, 5) is 30.3. The van der Waals surface area contributed by atoms with Crippen LogP contribution in [0.4, 0.5) is 0 Å².